The summed E-state index contributed by atoms with van der Waals surface area (Å²) in [4.78, 5) is 12.4. The molecule has 41 heavy (non-hydrogen) atoms. The minimum Gasteiger partial charge on any atom is -0.497 e. The summed E-state index contributed by atoms with van der Waals surface area (Å²) >= 11 is 6.57. The van der Waals surface area contributed by atoms with Crippen LogP contribution in [0, 0.1) is 5.41 Å². The monoisotopic (exact) mass is 577 g/mol. The van der Waals surface area contributed by atoms with Gasteiger partial charge in [-0.05, 0) is 66.8 Å². The highest BCUT2D eigenvalue weighted by molar-refractivity contribution is 6.31. The van der Waals surface area contributed by atoms with Crippen molar-refractivity contribution >= 4 is 23.3 Å². The van der Waals surface area contributed by atoms with Gasteiger partial charge in [0.15, 0.2) is 0 Å². The molecule has 0 saturated carbocycles. The molecule has 0 spiro atoms. The Hall–Kier alpha value is -3.52. The molecule has 1 aliphatic rings. The van der Waals surface area contributed by atoms with Gasteiger partial charge in [-0.2, -0.15) is 0 Å². The van der Waals surface area contributed by atoms with Crippen molar-refractivity contribution in [3.63, 3.8) is 0 Å². The minimum atomic E-state index is -0.207. The fraction of sp³-hybridized carbons (Fsp3) is 0.364. The van der Waals surface area contributed by atoms with Crippen LogP contribution in [0.5, 0.6) is 5.75 Å². The van der Waals surface area contributed by atoms with Crippen LogP contribution in [0.4, 0.5) is 5.69 Å². The van der Waals surface area contributed by atoms with Gasteiger partial charge in [0.05, 0.1) is 31.7 Å². The van der Waals surface area contributed by atoms with Crippen molar-refractivity contribution in [3.8, 4) is 5.75 Å². The Morgan fingerprint density at radius 1 is 0.951 bits per heavy atom. The molecule has 3 aromatic carbocycles. The van der Waals surface area contributed by atoms with Crippen LogP contribution in [0.15, 0.2) is 84.7 Å². The first-order chi connectivity index (χ1) is 19.8. The third-order valence-corrected chi connectivity index (χ3v) is 7.55. The van der Waals surface area contributed by atoms with Crippen LogP contribution in [0.3, 0.4) is 0 Å². The molecular weight excluding hydrogens is 538 g/mol. The van der Waals surface area contributed by atoms with Gasteiger partial charge in [0, 0.05) is 29.6 Å². The van der Waals surface area contributed by atoms with Gasteiger partial charge >= 0.3 is 5.97 Å². The second kappa shape index (κ2) is 14.4. The van der Waals surface area contributed by atoms with E-state index in [1.165, 1.54) is 0 Å². The molecule has 0 unspecified atom stereocenters. The summed E-state index contributed by atoms with van der Waals surface area (Å²) in [5.41, 5.74) is 8.32. The summed E-state index contributed by atoms with van der Waals surface area (Å²) < 4.78 is 16.7. The van der Waals surface area contributed by atoms with Crippen molar-refractivity contribution in [3.05, 3.63) is 106 Å². The van der Waals surface area contributed by atoms with Gasteiger partial charge in [-0.15, -0.1) is 5.53 Å². The Bertz CT molecular complexity index is 1310. The van der Waals surface area contributed by atoms with E-state index in [0.29, 0.717) is 31.3 Å². The van der Waals surface area contributed by atoms with Crippen LogP contribution in [0.1, 0.15) is 56.7 Å². The van der Waals surface area contributed by atoms with E-state index in [1.807, 2.05) is 66.7 Å². The molecule has 0 aromatic heterocycles. The summed E-state index contributed by atoms with van der Waals surface area (Å²) in [7, 11) is 1.65. The van der Waals surface area contributed by atoms with Crippen molar-refractivity contribution < 1.29 is 19.0 Å². The molecule has 4 rings (SSSR count). The highest BCUT2D eigenvalue weighted by Crippen LogP contribution is 2.39. The lowest BCUT2D eigenvalue weighted by Crippen LogP contribution is -2.42. The zero-order valence-electron chi connectivity index (χ0n) is 24.4. The van der Waals surface area contributed by atoms with E-state index in [9.17, 15) is 4.79 Å². The molecule has 0 amide bonds. The van der Waals surface area contributed by atoms with Gasteiger partial charge in [0.2, 0.25) is 0 Å². The average molecular weight is 578 g/mol. The van der Waals surface area contributed by atoms with E-state index < -0.39 is 0 Å². The van der Waals surface area contributed by atoms with Crippen molar-refractivity contribution in [2.75, 3.05) is 18.7 Å². The van der Waals surface area contributed by atoms with Crippen LogP contribution < -0.4 is 15.3 Å². The number of allylic oxidation sites excluding steroid dienone is 1. The Balaban J connectivity index is 1.36. The predicted molar refractivity (Wildman–Crippen MR) is 163 cm³/mol. The molecule has 8 heteroatoms. The molecule has 1 aliphatic heterocycles. The zero-order chi connectivity index (χ0) is 29.2. The Morgan fingerprint density at radius 3 is 2.39 bits per heavy atom. The lowest BCUT2D eigenvalue weighted by Gasteiger charge is -2.33. The maximum Gasteiger partial charge on any atom is 0.306 e. The number of ether oxygens (including phenoxy) is 3. The fourth-order valence-corrected chi connectivity index (χ4v) is 4.85. The second-order valence-electron chi connectivity index (χ2n) is 10.7. The van der Waals surface area contributed by atoms with Crippen molar-refractivity contribution in [1.29, 1.82) is 0 Å². The number of carbonyl (C=O) groups excluding carboxylic acids is 1. The van der Waals surface area contributed by atoms with Gasteiger partial charge in [0.25, 0.3) is 0 Å². The first-order valence-electron chi connectivity index (χ1n) is 14.0. The highest BCUT2D eigenvalue weighted by Gasteiger charge is 2.34. The number of benzene rings is 3. The quantitative estimate of drug-likeness (QED) is 0.200. The smallest absolute Gasteiger partial charge is 0.306 e. The van der Waals surface area contributed by atoms with Gasteiger partial charge in [-0.3, -0.25) is 14.8 Å². The number of nitrogens with zero attached hydrogens (tertiary/aromatic N) is 2. The van der Waals surface area contributed by atoms with Crippen LogP contribution >= 0.6 is 11.6 Å². The van der Waals surface area contributed by atoms with Crippen LogP contribution in [-0.2, 0) is 34.1 Å². The summed E-state index contributed by atoms with van der Waals surface area (Å²) in [5.74, 6) is 0.644. The lowest BCUT2D eigenvalue weighted by molar-refractivity contribution is -0.145. The number of rotatable bonds is 14. The molecule has 1 N–H and O–H groups in total. The molecule has 0 atom stereocenters. The number of hydrogen-bond donors (Lipinski definition) is 1. The first-order valence-corrected chi connectivity index (χ1v) is 14.4. The molecule has 218 valence electrons. The topological polar surface area (TPSA) is 63.3 Å². The van der Waals surface area contributed by atoms with E-state index in [-0.39, 0.29) is 11.4 Å². The van der Waals surface area contributed by atoms with E-state index >= 15 is 0 Å². The Kier molecular flexibility index (Phi) is 10.7. The molecule has 0 fully saturated rings. The van der Waals surface area contributed by atoms with E-state index in [1.54, 1.807) is 7.11 Å². The van der Waals surface area contributed by atoms with Crippen molar-refractivity contribution in [2.45, 2.75) is 59.9 Å². The third-order valence-electron chi connectivity index (χ3n) is 7.18. The molecule has 0 aliphatic carbocycles. The number of hydrogen-bond acceptors (Lipinski definition) is 7. The van der Waals surface area contributed by atoms with Crippen LogP contribution in [0.2, 0.25) is 5.02 Å². The minimum absolute atomic E-state index is 0.174. The molecule has 7 nitrogen and oxygen atoms in total. The van der Waals surface area contributed by atoms with E-state index in [4.69, 9.17) is 25.8 Å². The number of hydrazine groups is 2. The maximum atomic E-state index is 12.4. The molecule has 0 radical (unpaired) electrons. The zero-order valence-corrected chi connectivity index (χ0v) is 25.1. The Labute approximate surface area is 248 Å². The van der Waals surface area contributed by atoms with E-state index in [0.717, 1.165) is 53.2 Å². The van der Waals surface area contributed by atoms with Crippen LogP contribution in [0.25, 0.3) is 0 Å². The van der Waals surface area contributed by atoms with Crippen molar-refractivity contribution in [2.24, 2.45) is 5.41 Å². The molecule has 0 bridgehead atoms. The lowest BCUT2D eigenvalue weighted by atomic mass is 9.83. The normalized spacial score (nSPS) is 13.3. The van der Waals surface area contributed by atoms with Gasteiger partial charge in [-0.25, -0.2) is 0 Å². The number of nitrogens with one attached hydrogen (secondary N) is 1. The molecule has 1 heterocycles. The summed E-state index contributed by atoms with van der Waals surface area (Å²) in [6.07, 6.45) is 4.07. The number of esters is 1. The molecular formula is C33H40ClN3O4. The van der Waals surface area contributed by atoms with E-state index in [2.05, 4.69) is 48.6 Å². The predicted octanol–water partition coefficient (Wildman–Crippen LogP) is 7.41. The fourth-order valence-electron chi connectivity index (χ4n) is 4.68. The molecule has 3 aromatic rings. The largest absolute Gasteiger partial charge is 0.497 e. The third kappa shape index (κ3) is 8.49. The van der Waals surface area contributed by atoms with Gasteiger partial charge < -0.3 is 14.2 Å². The molecule has 0 saturated heterocycles. The van der Waals surface area contributed by atoms with Gasteiger partial charge in [-0.1, -0.05) is 67.9 Å². The van der Waals surface area contributed by atoms with Gasteiger partial charge in [0.1, 0.15) is 12.4 Å². The second-order valence-corrected chi connectivity index (χ2v) is 11.1. The standard InChI is InChI=1S/C33H40ClN3O4/c1-5-36-21-31(33(2,3)19-9-12-32(38)41-23-25-10-7-6-8-11-25)37(35-36)28-15-18-30(34)27(20-28)24-40-22-26-13-16-29(39-4)17-14-26/h6-8,10-11,13-18,20-21,35H,5,9,12,19,22-24H2,1-4H3. The summed E-state index contributed by atoms with van der Waals surface area (Å²) in [6, 6.07) is 23.6. The maximum absolute atomic E-state index is 12.4. The number of anilines is 1. The number of halogens is 1. The van der Waals surface area contributed by atoms with Crippen LogP contribution in [-0.4, -0.2) is 24.6 Å². The first kappa shape index (κ1) is 30.4. The number of carbonyl (C=O) groups is 1. The summed E-state index contributed by atoms with van der Waals surface area (Å²) in [6.45, 7) is 8.47. The summed E-state index contributed by atoms with van der Waals surface area (Å²) in [5, 5.41) is 4.81. The SMILES string of the molecule is CCN1C=C(C(C)(C)CCCC(=O)OCc2ccccc2)N(c2ccc(Cl)c(COCc3ccc(OC)cc3)c2)N1. The highest BCUT2D eigenvalue weighted by atomic mass is 35.5. The number of methoxy groups -OCH3 is 1. The Morgan fingerprint density at radius 2 is 1.68 bits per heavy atom. The average Bonchev–Trinajstić information content (AvgIpc) is 3.44. The van der Waals surface area contributed by atoms with Crippen molar-refractivity contribution in [1.82, 2.24) is 10.5 Å².